The highest BCUT2D eigenvalue weighted by molar-refractivity contribution is 5.89. The van der Waals surface area contributed by atoms with E-state index in [2.05, 4.69) is 11.7 Å². The summed E-state index contributed by atoms with van der Waals surface area (Å²) in [6.45, 7) is 2.63. The lowest BCUT2D eigenvalue weighted by Gasteiger charge is -2.17. The molecule has 0 aromatic heterocycles. The summed E-state index contributed by atoms with van der Waals surface area (Å²) in [6, 6.07) is 0. The van der Waals surface area contributed by atoms with Crippen molar-refractivity contribution in [1.82, 2.24) is 0 Å². The number of esters is 1. The van der Waals surface area contributed by atoms with E-state index in [0.29, 0.717) is 6.61 Å². The number of carbonyl (C=O) groups is 1. The van der Waals surface area contributed by atoms with Gasteiger partial charge >= 0.3 is 5.97 Å². The molecule has 0 amide bonds. The molecule has 0 aromatic rings. The number of carbonyl (C=O) groups excluding carboxylic acids is 1. The highest BCUT2D eigenvalue weighted by atomic mass is 16.6. The van der Waals surface area contributed by atoms with Crippen molar-refractivity contribution in [1.29, 1.82) is 0 Å². The van der Waals surface area contributed by atoms with Gasteiger partial charge in [0.2, 0.25) is 5.76 Å². The smallest absolute Gasteiger partial charge is 0.377 e. The van der Waals surface area contributed by atoms with Crippen molar-refractivity contribution in [2.45, 2.75) is 57.7 Å². The molecule has 116 valence electrons. The lowest BCUT2D eigenvalue weighted by Crippen LogP contribution is -2.33. The quantitative estimate of drug-likeness (QED) is 0.420. The maximum Gasteiger partial charge on any atom is 0.377 e. The topological polar surface area (TPSA) is 96.2 Å². The Labute approximate surface area is 119 Å². The predicted octanol–water partition coefficient (Wildman–Crippen LogP) is 1.98. The van der Waals surface area contributed by atoms with Crippen LogP contribution in [0, 0.1) is 0 Å². The van der Waals surface area contributed by atoms with Gasteiger partial charge in [-0.25, -0.2) is 4.79 Å². The first-order chi connectivity index (χ1) is 9.57. The van der Waals surface area contributed by atoms with Crippen LogP contribution < -0.4 is 0 Å². The van der Waals surface area contributed by atoms with Gasteiger partial charge in [0.25, 0.3) is 0 Å². The molecule has 0 bridgehead atoms. The van der Waals surface area contributed by atoms with Crippen LogP contribution in [0.25, 0.3) is 0 Å². The second-order valence-electron chi connectivity index (χ2n) is 4.97. The van der Waals surface area contributed by atoms with Crippen LogP contribution in [0.2, 0.25) is 0 Å². The van der Waals surface area contributed by atoms with Gasteiger partial charge in [0.15, 0.2) is 11.9 Å². The largest absolute Gasteiger partial charge is 0.505 e. The summed E-state index contributed by atoms with van der Waals surface area (Å²) in [6.07, 6.45) is 4.46. The molecular weight excluding hydrogens is 264 g/mol. The van der Waals surface area contributed by atoms with E-state index >= 15 is 0 Å². The Morgan fingerprint density at radius 3 is 2.45 bits per heavy atom. The van der Waals surface area contributed by atoms with Gasteiger partial charge in [-0.3, -0.25) is 0 Å². The molecular formula is C14H24O6. The molecule has 0 aliphatic carbocycles. The van der Waals surface area contributed by atoms with Gasteiger partial charge < -0.3 is 24.8 Å². The molecule has 0 saturated heterocycles. The lowest BCUT2D eigenvalue weighted by molar-refractivity contribution is -0.148. The molecule has 0 spiro atoms. The normalized spacial score (nSPS) is 20.3. The third kappa shape index (κ3) is 5.02. The van der Waals surface area contributed by atoms with Crippen molar-refractivity contribution in [2.24, 2.45) is 0 Å². The molecule has 3 N–H and O–H groups in total. The summed E-state index contributed by atoms with van der Waals surface area (Å²) < 4.78 is 9.90. The number of rotatable bonds is 10. The highest BCUT2D eigenvalue weighted by Gasteiger charge is 2.39. The first-order valence-electron chi connectivity index (χ1n) is 7.16. The molecule has 1 heterocycles. The monoisotopic (exact) mass is 288 g/mol. The molecule has 1 aliphatic rings. The van der Waals surface area contributed by atoms with E-state index in [4.69, 9.17) is 9.84 Å². The molecule has 0 fully saturated rings. The van der Waals surface area contributed by atoms with Crippen LogP contribution in [-0.4, -0.2) is 46.7 Å². The van der Waals surface area contributed by atoms with Crippen LogP contribution in [0.3, 0.4) is 0 Å². The maximum atomic E-state index is 11.0. The second kappa shape index (κ2) is 8.81. The van der Waals surface area contributed by atoms with E-state index in [1.807, 2.05) is 0 Å². The molecule has 20 heavy (non-hydrogen) atoms. The zero-order valence-corrected chi connectivity index (χ0v) is 11.9. The average Bonchev–Trinajstić information content (AvgIpc) is 2.69. The second-order valence-corrected chi connectivity index (χ2v) is 4.97. The molecule has 2 atom stereocenters. The minimum absolute atomic E-state index is 0.0513. The van der Waals surface area contributed by atoms with Crippen molar-refractivity contribution in [3.8, 4) is 0 Å². The third-order valence-corrected chi connectivity index (χ3v) is 3.22. The molecule has 1 aliphatic heterocycles. The van der Waals surface area contributed by atoms with Gasteiger partial charge in [-0.05, 0) is 6.42 Å². The Bertz CT molecular complexity index is 339. The number of unbranched alkanes of at least 4 members (excludes halogenated alkanes) is 5. The fourth-order valence-electron chi connectivity index (χ4n) is 2.00. The van der Waals surface area contributed by atoms with Crippen molar-refractivity contribution in [2.75, 3.05) is 13.2 Å². The van der Waals surface area contributed by atoms with E-state index < -0.39 is 29.7 Å². The van der Waals surface area contributed by atoms with Gasteiger partial charge in [-0.15, -0.1) is 0 Å². The molecule has 0 radical (unpaired) electrons. The van der Waals surface area contributed by atoms with Crippen molar-refractivity contribution in [3.05, 3.63) is 11.5 Å². The van der Waals surface area contributed by atoms with Crippen molar-refractivity contribution < 1.29 is 29.6 Å². The van der Waals surface area contributed by atoms with Crippen LogP contribution in [0.4, 0.5) is 0 Å². The van der Waals surface area contributed by atoms with Gasteiger partial charge in [0.1, 0.15) is 6.10 Å². The summed E-state index contributed by atoms with van der Waals surface area (Å²) in [4.78, 5) is 11.0. The van der Waals surface area contributed by atoms with Crippen LogP contribution in [0.15, 0.2) is 11.5 Å². The summed E-state index contributed by atoms with van der Waals surface area (Å²) >= 11 is 0. The molecule has 6 heteroatoms. The standard InChI is InChI=1S/C14H24O6/c1-2-3-4-5-6-7-8-19-9-10(15)13-11(16)12(17)14(18)20-13/h10,13,15-17H,2-9H2,1H3/t10?,13-/m1/s1. The zero-order chi connectivity index (χ0) is 15.0. The number of hydrogen-bond donors (Lipinski definition) is 3. The average molecular weight is 288 g/mol. The van der Waals surface area contributed by atoms with Crippen LogP contribution in [0.5, 0.6) is 0 Å². The third-order valence-electron chi connectivity index (χ3n) is 3.22. The van der Waals surface area contributed by atoms with Gasteiger partial charge in [-0.1, -0.05) is 39.0 Å². The van der Waals surface area contributed by atoms with E-state index in [1.165, 1.54) is 25.7 Å². The van der Waals surface area contributed by atoms with Crippen LogP contribution >= 0.6 is 0 Å². The number of hydrogen-bond acceptors (Lipinski definition) is 6. The van der Waals surface area contributed by atoms with Gasteiger partial charge in [0.05, 0.1) is 6.61 Å². The Balaban J connectivity index is 2.09. The predicted molar refractivity (Wildman–Crippen MR) is 72.4 cm³/mol. The number of ether oxygens (including phenoxy) is 2. The fraction of sp³-hybridized carbons (Fsp3) is 0.786. The maximum absolute atomic E-state index is 11.0. The molecule has 1 unspecified atom stereocenters. The Morgan fingerprint density at radius 2 is 1.85 bits per heavy atom. The minimum Gasteiger partial charge on any atom is -0.505 e. The molecule has 6 nitrogen and oxygen atoms in total. The minimum atomic E-state index is -1.23. The van der Waals surface area contributed by atoms with Gasteiger partial charge in [0, 0.05) is 6.61 Å². The summed E-state index contributed by atoms with van der Waals surface area (Å²) in [5, 5.41) is 28.2. The first kappa shape index (κ1) is 16.8. The number of aliphatic hydroxyl groups is 3. The van der Waals surface area contributed by atoms with Gasteiger partial charge in [-0.2, -0.15) is 0 Å². The summed E-state index contributed by atoms with van der Waals surface area (Å²) in [7, 11) is 0. The lowest BCUT2D eigenvalue weighted by atomic mass is 10.1. The SMILES string of the molecule is CCCCCCCCOCC(O)[C@H]1OC(=O)C(O)=C1O. The van der Waals surface area contributed by atoms with Crippen molar-refractivity contribution in [3.63, 3.8) is 0 Å². The van der Waals surface area contributed by atoms with E-state index in [-0.39, 0.29) is 6.61 Å². The Kier molecular flexibility index (Phi) is 7.40. The van der Waals surface area contributed by atoms with E-state index in [0.717, 1.165) is 12.8 Å². The first-order valence-corrected chi connectivity index (χ1v) is 7.16. The summed E-state index contributed by atoms with van der Waals surface area (Å²) in [5.41, 5.74) is 0. The van der Waals surface area contributed by atoms with E-state index in [1.54, 1.807) is 0 Å². The molecule has 1 rings (SSSR count). The number of aliphatic hydroxyl groups excluding tert-OH is 3. The van der Waals surface area contributed by atoms with Crippen molar-refractivity contribution >= 4 is 5.97 Å². The zero-order valence-electron chi connectivity index (χ0n) is 11.9. The molecule has 0 aromatic carbocycles. The van der Waals surface area contributed by atoms with E-state index in [9.17, 15) is 15.0 Å². The van der Waals surface area contributed by atoms with Crippen LogP contribution in [-0.2, 0) is 14.3 Å². The fourth-order valence-corrected chi connectivity index (χ4v) is 2.00. The van der Waals surface area contributed by atoms with Crippen LogP contribution in [0.1, 0.15) is 45.4 Å². The highest BCUT2D eigenvalue weighted by Crippen LogP contribution is 2.21. The summed E-state index contributed by atoms with van der Waals surface area (Å²) in [5.74, 6) is -2.50. The molecule has 0 saturated carbocycles. The Hall–Kier alpha value is -1.27. The Morgan fingerprint density at radius 1 is 1.20 bits per heavy atom. The number of cyclic esters (lactones) is 1.